The average molecular weight is 519 g/mol. The molecule has 5 rings (SSSR count). The first kappa shape index (κ1) is 25.1. The van der Waals surface area contributed by atoms with Gasteiger partial charge in [-0.15, -0.1) is 0 Å². The van der Waals surface area contributed by atoms with Crippen LogP contribution in [0.15, 0.2) is 48.5 Å². The number of carbonyl (C=O) groups is 2. The van der Waals surface area contributed by atoms with Crippen molar-refractivity contribution in [2.24, 2.45) is 0 Å². The fourth-order valence-electron chi connectivity index (χ4n) is 5.32. The second kappa shape index (κ2) is 10.1. The molecule has 8 heteroatoms. The number of fused-ring (bicyclic) bond motifs is 2. The van der Waals surface area contributed by atoms with E-state index in [4.69, 9.17) is 9.72 Å². The van der Waals surface area contributed by atoms with Crippen LogP contribution in [0.2, 0.25) is 0 Å². The minimum absolute atomic E-state index is 0.0425. The maximum atomic E-state index is 13.4. The number of pyridine rings is 1. The smallest absolute Gasteiger partial charge is 0.339 e. The van der Waals surface area contributed by atoms with Crippen molar-refractivity contribution in [3.63, 3.8) is 0 Å². The van der Waals surface area contributed by atoms with Crippen molar-refractivity contribution in [1.29, 1.82) is 0 Å². The number of benzene rings is 2. The van der Waals surface area contributed by atoms with Crippen molar-refractivity contribution in [2.45, 2.75) is 39.2 Å². The number of rotatable bonds is 6. The lowest BCUT2D eigenvalue weighted by molar-refractivity contribution is -0.136. The van der Waals surface area contributed by atoms with Crippen LogP contribution in [0.5, 0.6) is 0 Å². The molecule has 1 atom stereocenters. The summed E-state index contributed by atoms with van der Waals surface area (Å²) in [6, 6.07) is 15.4. The predicted molar refractivity (Wildman–Crippen MR) is 144 cm³/mol. The highest BCUT2D eigenvalue weighted by Gasteiger charge is 2.34. The highest BCUT2D eigenvalue weighted by molar-refractivity contribution is 7.91. The van der Waals surface area contributed by atoms with Gasteiger partial charge in [0.05, 0.1) is 28.3 Å². The van der Waals surface area contributed by atoms with Crippen LogP contribution in [-0.2, 0) is 25.8 Å². The zero-order valence-electron chi connectivity index (χ0n) is 21.1. The van der Waals surface area contributed by atoms with Gasteiger partial charge in [-0.2, -0.15) is 0 Å². The third-order valence-corrected chi connectivity index (χ3v) is 8.95. The Balaban J connectivity index is 1.42. The molecule has 3 aromatic rings. The molecule has 1 saturated heterocycles. The van der Waals surface area contributed by atoms with E-state index in [1.54, 1.807) is 6.92 Å². The molecule has 0 saturated carbocycles. The van der Waals surface area contributed by atoms with Gasteiger partial charge in [-0.1, -0.05) is 48.0 Å². The van der Waals surface area contributed by atoms with Gasteiger partial charge in [-0.3, -0.25) is 4.79 Å². The van der Waals surface area contributed by atoms with Gasteiger partial charge in [0.25, 0.3) is 5.91 Å². The van der Waals surface area contributed by atoms with Crippen molar-refractivity contribution in [1.82, 2.24) is 9.88 Å². The van der Waals surface area contributed by atoms with Crippen LogP contribution in [-0.4, -0.2) is 60.9 Å². The Labute approximate surface area is 217 Å². The molecule has 0 radical (unpaired) electrons. The summed E-state index contributed by atoms with van der Waals surface area (Å²) >= 11 is 0. The van der Waals surface area contributed by atoms with Gasteiger partial charge < -0.3 is 9.64 Å². The van der Waals surface area contributed by atoms with Crippen LogP contribution in [0.1, 0.15) is 52.5 Å². The van der Waals surface area contributed by atoms with Crippen molar-refractivity contribution in [3.8, 4) is 0 Å². The van der Waals surface area contributed by atoms with Crippen molar-refractivity contribution >= 4 is 44.3 Å². The van der Waals surface area contributed by atoms with E-state index < -0.39 is 22.4 Å². The predicted octanol–water partition coefficient (Wildman–Crippen LogP) is 4.22. The molecular weight excluding hydrogens is 488 g/mol. The summed E-state index contributed by atoms with van der Waals surface area (Å²) in [5, 5.41) is 0.699. The molecule has 192 valence electrons. The number of esters is 1. The lowest BCUT2D eigenvalue weighted by Crippen LogP contribution is -2.43. The van der Waals surface area contributed by atoms with E-state index in [9.17, 15) is 18.0 Å². The van der Waals surface area contributed by atoms with Gasteiger partial charge in [0.2, 0.25) is 0 Å². The van der Waals surface area contributed by atoms with E-state index in [-0.39, 0.29) is 23.5 Å². The Bertz CT molecular complexity index is 1510. The molecule has 37 heavy (non-hydrogen) atoms. The molecular formula is C29H30N2O5S. The third kappa shape index (κ3) is 5.16. The van der Waals surface area contributed by atoms with Crippen LogP contribution in [0.4, 0.5) is 0 Å². The largest absolute Gasteiger partial charge is 0.452 e. The second-order valence-electron chi connectivity index (χ2n) is 9.72. The molecule has 1 aliphatic heterocycles. The molecule has 0 bridgehead atoms. The Morgan fingerprint density at radius 2 is 1.86 bits per heavy atom. The van der Waals surface area contributed by atoms with Crippen molar-refractivity contribution in [2.75, 3.05) is 24.7 Å². The maximum absolute atomic E-state index is 13.4. The minimum Gasteiger partial charge on any atom is -0.452 e. The molecule has 2 heterocycles. The number of allylic oxidation sites excluding steroid dienone is 1. The Morgan fingerprint density at radius 3 is 2.57 bits per heavy atom. The van der Waals surface area contributed by atoms with E-state index in [0.717, 1.165) is 28.8 Å². The first-order valence-corrected chi connectivity index (χ1v) is 14.4. The number of nitrogens with zero attached hydrogens (tertiary/aromatic N) is 2. The monoisotopic (exact) mass is 518 g/mol. The average Bonchev–Trinajstić information content (AvgIpc) is 3.45. The number of aryl methyl sites for hydroxylation is 1. The fourth-order valence-corrected chi connectivity index (χ4v) is 7.05. The third-order valence-electron chi connectivity index (χ3n) is 7.20. The van der Waals surface area contributed by atoms with Crippen molar-refractivity contribution in [3.05, 3.63) is 76.5 Å². The van der Waals surface area contributed by atoms with Gasteiger partial charge in [0.1, 0.15) is 0 Å². The quantitative estimate of drug-likeness (QED) is 0.454. The number of aromatic nitrogens is 1. The summed E-state index contributed by atoms with van der Waals surface area (Å²) in [6.07, 6.45) is 3.94. The van der Waals surface area contributed by atoms with E-state index in [2.05, 4.69) is 30.3 Å². The number of amides is 1. The van der Waals surface area contributed by atoms with Gasteiger partial charge in [0.15, 0.2) is 16.4 Å². The second-order valence-corrected chi connectivity index (χ2v) is 12.0. The molecule has 1 aromatic heterocycles. The zero-order valence-corrected chi connectivity index (χ0v) is 21.9. The summed E-state index contributed by atoms with van der Waals surface area (Å²) in [5.41, 5.74) is 6.11. The molecule has 1 fully saturated rings. The number of para-hydroxylation sites is 1. The van der Waals surface area contributed by atoms with Gasteiger partial charge >= 0.3 is 5.97 Å². The lowest BCUT2D eigenvalue weighted by atomic mass is 10.0. The molecule has 2 aromatic carbocycles. The highest BCUT2D eigenvalue weighted by Crippen LogP contribution is 2.37. The first-order chi connectivity index (χ1) is 17.8. The van der Waals surface area contributed by atoms with Gasteiger partial charge in [-0.05, 0) is 62.0 Å². The van der Waals surface area contributed by atoms with E-state index in [0.29, 0.717) is 35.9 Å². The lowest BCUT2D eigenvalue weighted by Gasteiger charge is -2.26. The minimum atomic E-state index is -3.13. The molecule has 1 unspecified atom stereocenters. The summed E-state index contributed by atoms with van der Waals surface area (Å²) < 4.78 is 29.3. The summed E-state index contributed by atoms with van der Waals surface area (Å²) in [6.45, 7) is 3.78. The Kier molecular flexibility index (Phi) is 6.86. The van der Waals surface area contributed by atoms with Gasteiger partial charge in [-0.25, -0.2) is 18.2 Å². The zero-order chi connectivity index (χ0) is 26.2. The maximum Gasteiger partial charge on any atom is 0.339 e. The molecule has 2 aliphatic rings. The number of carbonyl (C=O) groups excluding carboxylic acids is 2. The summed E-state index contributed by atoms with van der Waals surface area (Å²) in [4.78, 5) is 32.7. The SMILES string of the molecule is CCN(C(=O)COC(=O)c1c2c(nc3ccccc13)C(=Cc1ccc(C)cc1)CC2)C1CCS(=O)(=O)C1. The molecule has 0 spiro atoms. The molecule has 1 aliphatic carbocycles. The number of likely N-dealkylation sites (N-methyl/N-ethyl adjacent to an activating group) is 1. The number of hydrogen-bond acceptors (Lipinski definition) is 6. The molecule has 0 N–H and O–H groups in total. The van der Waals surface area contributed by atoms with E-state index >= 15 is 0 Å². The summed E-state index contributed by atoms with van der Waals surface area (Å²) in [5.74, 6) is -0.906. The topological polar surface area (TPSA) is 93.6 Å². The Hall–Kier alpha value is -3.52. The Morgan fingerprint density at radius 1 is 1.11 bits per heavy atom. The summed E-state index contributed by atoms with van der Waals surface area (Å²) in [7, 11) is -3.13. The van der Waals surface area contributed by atoms with E-state index in [1.165, 1.54) is 10.5 Å². The van der Waals surface area contributed by atoms with Crippen LogP contribution in [0.25, 0.3) is 22.6 Å². The van der Waals surface area contributed by atoms with Gasteiger partial charge in [0, 0.05) is 18.0 Å². The fraction of sp³-hybridized carbons (Fsp3) is 0.345. The number of sulfone groups is 1. The number of hydrogen-bond donors (Lipinski definition) is 0. The highest BCUT2D eigenvalue weighted by atomic mass is 32.2. The molecule has 7 nitrogen and oxygen atoms in total. The van der Waals surface area contributed by atoms with Crippen LogP contribution in [0, 0.1) is 6.92 Å². The first-order valence-electron chi connectivity index (χ1n) is 12.6. The molecule has 1 amide bonds. The van der Waals surface area contributed by atoms with Crippen molar-refractivity contribution < 1.29 is 22.7 Å². The standard InChI is InChI=1S/C29H30N2O5S/c1-3-31(22-14-15-37(34,35)18-22)26(32)17-36-29(33)27-23-6-4-5-7-25(23)30-28-21(12-13-24(27)28)16-20-10-8-19(2)9-11-20/h4-11,16,22H,3,12-15,17-18H2,1-2H3. The van der Waals surface area contributed by atoms with Crippen LogP contribution in [0.3, 0.4) is 0 Å². The van der Waals surface area contributed by atoms with Crippen LogP contribution < -0.4 is 0 Å². The van der Waals surface area contributed by atoms with E-state index in [1.807, 2.05) is 31.2 Å². The normalized spacial score (nSPS) is 19.2. The number of ether oxygens (including phenoxy) is 1. The van der Waals surface area contributed by atoms with Crippen LogP contribution >= 0.6 is 0 Å².